The predicted molar refractivity (Wildman–Crippen MR) is 77.3 cm³/mol. The average Bonchev–Trinajstić information content (AvgIpc) is 2.71. The first-order valence-corrected chi connectivity index (χ1v) is 6.55. The second-order valence-corrected chi connectivity index (χ2v) is 6.07. The van der Waals surface area contributed by atoms with E-state index in [0.717, 1.165) is 11.3 Å². The molecule has 0 N–H and O–H groups in total. The molecule has 0 aliphatic heterocycles. The Morgan fingerprint density at radius 3 is 2.45 bits per heavy atom. The number of hydrogen-bond acceptors (Lipinski definition) is 2. The third-order valence-corrected chi connectivity index (χ3v) is 3.20. The van der Waals surface area contributed by atoms with Gasteiger partial charge in [-0.2, -0.15) is 5.10 Å². The Kier molecular flexibility index (Phi) is 3.50. The number of halogens is 1. The molecule has 3 nitrogen and oxygen atoms in total. The maximum absolute atomic E-state index is 14.1. The molecule has 0 aliphatic rings. The highest BCUT2D eigenvalue weighted by Crippen LogP contribution is 2.33. The van der Waals surface area contributed by atoms with Crippen LogP contribution in [0.3, 0.4) is 0 Å². The van der Waals surface area contributed by atoms with Crippen molar-refractivity contribution in [1.82, 2.24) is 9.78 Å². The Hall–Kier alpha value is -1.97. The molecule has 0 saturated carbocycles. The highest BCUT2D eigenvalue weighted by Gasteiger charge is 2.24. The van der Waals surface area contributed by atoms with Crippen molar-refractivity contribution in [1.29, 1.82) is 0 Å². The number of Topliss-reactive ketones (excluding diaryl/α,β-unsaturated/α-hetero) is 1. The van der Waals surface area contributed by atoms with E-state index in [1.807, 2.05) is 27.8 Å². The van der Waals surface area contributed by atoms with Gasteiger partial charge in [0.2, 0.25) is 0 Å². The van der Waals surface area contributed by atoms with E-state index >= 15 is 0 Å². The summed E-state index contributed by atoms with van der Waals surface area (Å²) in [7, 11) is 1.81. The van der Waals surface area contributed by atoms with Crippen molar-refractivity contribution in [2.75, 3.05) is 0 Å². The molecule has 20 heavy (non-hydrogen) atoms. The summed E-state index contributed by atoms with van der Waals surface area (Å²) >= 11 is 0. The molecule has 0 fully saturated rings. The van der Waals surface area contributed by atoms with Crippen LogP contribution in [-0.2, 0) is 12.5 Å². The van der Waals surface area contributed by atoms with Crippen molar-refractivity contribution in [3.05, 3.63) is 41.5 Å². The van der Waals surface area contributed by atoms with Crippen LogP contribution in [0, 0.1) is 5.82 Å². The number of rotatable bonds is 2. The third-order valence-electron chi connectivity index (χ3n) is 3.20. The van der Waals surface area contributed by atoms with Gasteiger partial charge in [-0.1, -0.05) is 20.8 Å². The van der Waals surface area contributed by atoms with Crippen LogP contribution < -0.4 is 0 Å². The zero-order chi connectivity index (χ0) is 15.1. The van der Waals surface area contributed by atoms with Gasteiger partial charge in [-0.05, 0) is 25.1 Å². The maximum atomic E-state index is 14.1. The molecule has 0 spiro atoms. The minimum Gasteiger partial charge on any atom is -0.295 e. The van der Waals surface area contributed by atoms with Gasteiger partial charge in [0.1, 0.15) is 5.82 Å². The minimum atomic E-state index is -0.339. The smallest absolute Gasteiger partial charge is 0.159 e. The van der Waals surface area contributed by atoms with Gasteiger partial charge in [-0.25, -0.2) is 4.39 Å². The number of nitrogens with zero attached hydrogens (tertiary/aromatic N) is 2. The number of benzene rings is 1. The van der Waals surface area contributed by atoms with E-state index in [4.69, 9.17) is 0 Å². The molecule has 0 atom stereocenters. The zero-order valence-electron chi connectivity index (χ0n) is 12.5. The molecule has 1 heterocycles. The predicted octanol–water partition coefficient (Wildman–Crippen LogP) is 3.73. The van der Waals surface area contributed by atoms with Crippen molar-refractivity contribution < 1.29 is 9.18 Å². The topological polar surface area (TPSA) is 34.9 Å². The van der Waals surface area contributed by atoms with Gasteiger partial charge in [0.15, 0.2) is 5.78 Å². The molecule has 106 valence electrons. The van der Waals surface area contributed by atoms with Gasteiger partial charge < -0.3 is 0 Å². The van der Waals surface area contributed by atoms with Crippen molar-refractivity contribution in [2.24, 2.45) is 7.05 Å². The monoisotopic (exact) mass is 274 g/mol. The standard InChI is InChI=1S/C16H19FN2O/c1-10(20)11-6-7-14(17)12(8-11)13-9-19(5)18-15(13)16(2,3)4/h6-9H,1-5H3. The normalized spacial score (nSPS) is 11.7. The van der Waals surface area contributed by atoms with Gasteiger partial charge in [-0.15, -0.1) is 0 Å². The number of aromatic nitrogens is 2. The van der Waals surface area contributed by atoms with Crippen LogP contribution in [0.2, 0.25) is 0 Å². The molecule has 0 bridgehead atoms. The van der Waals surface area contributed by atoms with Gasteiger partial charge in [0.25, 0.3) is 0 Å². The average molecular weight is 274 g/mol. The molecule has 2 aromatic rings. The van der Waals surface area contributed by atoms with E-state index < -0.39 is 0 Å². The van der Waals surface area contributed by atoms with Gasteiger partial charge in [-0.3, -0.25) is 9.48 Å². The van der Waals surface area contributed by atoms with Crippen molar-refractivity contribution in [3.63, 3.8) is 0 Å². The van der Waals surface area contributed by atoms with Crippen LogP contribution in [0.25, 0.3) is 11.1 Å². The summed E-state index contributed by atoms with van der Waals surface area (Å²) in [6, 6.07) is 4.45. The second-order valence-electron chi connectivity index (χ2n) is 6.07. The molecule has 2 rings (SSSR count). The van der Waals surface area contributed by atoms with Crippen molar-refractivity contribution in [2.45, 2.75) is 33.1 Å². The molecular weight excluding hydrogens is 255 g/mol. The highest BCUT2D eigenvalue weighted by molar-refractivity contribution is 5.95. The minimum absolute atomic E-state index is 0.0764. The quantitative estimate of drug-likeness (QED) is 0.782. The maximum Gasteiger partial charge on any atom is 0.159 e. The SMILES string of the molecule is CC(=O)c1ccc(F)c(-c2cn(C)nc2C(C)(C)C)c1. The molecule has 4 heteroatoms. The van der Waals surface area contributed by atoms with Crippen LogP contribution in [0.5, 0.6) is 0 Å². The number of carbonyl (C=O) groups is 1. The fraction of sp³-hybridized carbons (Fsp3) is 0.375. The molecule has 0 aliphatic carbocycles. The first kappa shape index (κ1) is 14.4. The summed E-state index contributed by atoms with van der Waals surface area (Å²) in [5.74, 6) is -0.416. The zero-order valence-corrected chi connectivity index (χ0v) is 12.5. The summed E-state index contributed by atoms with van der Waals surface area (Å²) in [6.07, 6.45) is 1.79. The molecule has 1 aromatic carbocycles. The van der Waals surface area contributed by atoms with Crippen LogP contribution in [0.1, 0.15) is 43.7 Å². The van der Waals surface area contributed by atoms with E-state index in [1.54, 1.807) is 16.9 Å². The fourth-order valence-electron chi connectivity index (χ4n) is 2.19. The largest absolute Gasteiger partial charge is 0.295 e. The lowest BCUT2D eigenvalue weighted by molar-refractivity contribution is 0.101. The van der Waals surface area contributed by atoms with Crippen molar-refractivity contribution >= 4 is 5.78 Å². The Morgan fingerprint density at radius 1 is 1.25 bits per heavy atom. The number of hydrogen-bond donors (Lipinski definition) is 0. The van der Waals surface area contributed by atoms with E-state index in [0.29, 0.717) is 11.1 Å². The fourth-order valence-corrected chi connectivity index (χ4v) is 2.19. The molecule has 0 unspecified atom stereocenters. The van der Waals surface area contributed by atoms with E-state index in [9.17, 15) is 9.18 Å². The first-order chi connectivity index (χ1) is 9.20. The first-order valence-electron chi connectivity index (χ1n) is 6.55. The lowest BCUT2D eigenvalue weighted by atomic mass is 9.87. The summed E-state index contributed by atoms with van der Waals surface area (Å²) in [6.45, 7) is 7.58. The lowest BCUT2D eigenvalue weighted by Crippen LogP contribution is -2.14. The van der Waals surface area contributed by atoms with E-state index in [1.165, 1.54) is 19.1 Å². The molecule has 0 radical (unpaired) electrons. The summed E-state index contributed by atoms with van der Waals surface area (Å²) in [5.41, 5.74) is 2.29. The molecular formula is C16H19FN2O. The van der Waals surface area contributed by atoms with Crippen LogP contribution >= 0.6 is 0 Å². The van der Waals surface area contributed by atoms with Crippen LogP contribution in [-0.4, -0.2) is 15.6 Å². The molecule has 0 amide bonds. The Balaban J connectivity index is 2.68. The Bertz CT molecular complexity index is 666. The Morgan fingerprint density at radius 2 is 1.90 bits per heavy atom. The highest BCUT2D eigenvalue weighted by atomic mass is 19.1. The van der Waals surface area contributed by atoms with Crippen molar-refractivity contribution in [3.8, 4) is 11.1 Å². The summed E-state index contributed by atoms with van der Waals surface area (Å²) in [4.78, 5) is 11.5. The van der Waals surface area contributed by atoms with E-state index in [-0.39, 0.29) is 17.0 Å². The second kappa shape index (κ2) is 4.85. The van der Waals surface area contributed by atoms with E-state index in [2.05, 4.69) is 5.10 Å². The van der Waals surface area contributed by atoms with Crippen LogP contribution in [0.15, 0.2) is 24.4 Å². The van der Waals surface area contributed by atoms with Gasteiger partial charge >= 0.3 is 0 Å². The van der Waals surface area contributed by atoms with Gasteiger partial charge in [0.05, 0.1) is 5.69 Å². The van der Waals surface area contributed by atoms with Crippen LogP contribution in [0.4, 0.5) is 4.39 Å². The number of ketones is 1. The third kappa shape index (κ3) is 2.64. The molecule has 1 aromatic heterocycles. The summed E-state index contributed by atoms with van der Waals surface area (Å²) in [5, 5.41) is 4.44. The lowest BCUT2D eigenvalue weighted by Gasteiger charge is -2.18. The number of aryl methyl sites for hydroxylation is 1. The van der Waals surface area contributed by atoms with Gasteiger partial charge in [0, 0.05) is 35.3 Å². The number of carbonyl (C=O) groups excluding carboxylic acids is 1. The summed E-state index contributed by atoms with van der Waals surface area (Å²) < 4.78 is 15.8. The molecule has 0 saturated heterocycles. The Labute approximate surface area is 118 Å².